The lowest BCUT2D eigenvalue weighted by Gasteiger charge is -2.38. The number of carbonyl (C=O) groups excluding carboxylic acids is 1. The number of fused-ring (bicyclic) bond motifs is 1. The van der Waals surface area contributed by atoms with Crippen molar-refractivity contribution in [3.05, 3.63) is 23.8 Å². The van der Waals surface area contributed by atoms with Gasteiger partial charge >= 0.3 is 0 Å². The van der Waals surface area contributed by atoms with Crippen LogP contribution in [0.2, 0.25) is 0 Å². The average molecular weight is 229 g/mol. The summed E-state index contributed by atoms with van der Waals surface area (Å²) in [7, 11) is 0. The Labute approximate surface area is 101 Å². The summed E-state index contributed by atoms with van der Waals surface area (Å²) in [6, 6.07) is 5.75. The van der Waals surface area contributed by atoms with E-state index < -0.39 is 5.60 Å². The number of terminal acetylenes is 1. The molecule has 3 nitrogen and oxygen atoms in total. The molecule has 1 aromatic carbocycles. The summed E-state index contributed by atoms with van der Waals surface area (Å²) >= 11 is 0. The van der Waals surface area contributed by atoms with E-state index in [1.54, 1.807) is 18.7 Å². The van der Waals surface area contributed by atoms with E-state index in [0.717, 1.165) is 11.3 Å². The van der Waals surface area contributed by atoms with Gasteiger partial charge in [0, 0.05) is 0 Å². The fraction of sp³-hybridized carbons (Fsp3) is 0.357. The number of amides is 1. The molecule has 0 fully saturated rings. The first-order valence-corrected chi connectivity index (χ1v) is 5.51. The van der Waals surface area contributed by atoms with E-state index in [9.17, 15) is 4.79 Å². The van der Waals surface area contributed by atoms with Crippen molar-refractivity contribution in [1.29, 1.82) is 0 Å². The number of ether oxygens (including phenoxy) is 1. The lowest BCUT2D eigenvalue weighted by atomic mass is 10.0. The van der Waals surface area contributed by atoms with E-state index in [4.69, 9.17) is 11.2 Å². The highest BCUT2D eigenvalue weighted by molar-refractivity contribution is 6.02. The lowest BCUT2D eigenvalue weighted by molar-refractivity contribution is -0.132. The molecule has 88 valence electrons. The number of aryl methyl sites for hydroxylation is 1. The molecule has 1 aromatic rings. The zero-order valence-corrected chi connectivity index (χ0v) is 10.3. The van der Waals surface area contributed by atoms with Crippen LogP contribution in [0.1, 0.15) is 19.4 Å². The third-order valence-corrected chi connectivity index (χ3v) is 2.78. The highest BCUT2D eigenvalue weighted by Gasteiger charge is 2.40. The Kier molecular flexibility index (Phi) is 2.59. The lowest BCUT2D eigenvalue weighted by Crippen LogP contribution is -2.52. The van der Waals surface area contributed by atoms with Gasteiger partial charge in [0.1, 0.15) is 5.75 Å². The van der Waals surface area contributed by atoms with Crippen molar-refractivity contribution in [3.63, 3.8) is 0 Å². The Balaban J connectivity index is 2.55. The Morgan fingerprint density at radius 2 is 2.18 bits per heavy atom. The minimum Gasteiger partial charge on any atom is -0.476 e. The van der Waals surface area contributed by atoms with E-state index in [-0.39, 0.29) is 12.5 Å². The molecule has 2 rings (SSSR count). The quantitative estimate of drug-likeness (QED) is 0.690. The van der Waals surface area contributed by atoms with Gasteiger partial charge in [-0.1, -0.05) is 12.0 Å². The fourth-order valence-electron chi connectivity index (χ4n) is 1.93. The van der Waals surface area contributed by atoms with Crippen LogP contribution in [-0.4, -0.2) is 18.1 Å². The van der Waals surface area contributed by atoms with Gasteiger partial charge in [0.25, 0.3) is 5.91 Å². The standard InChI is InChI=1S/C14H15NO2/c1-5-8-15-11-9-10(2)6-7-12(11)17-14(3,4)13(15)16/h1,6-7,9H,8H2,2-4H3. The largest absolute Gasteiger partial charge is 0.476 e. The Morgan fingerprint density at radius 3 is 2.82 bits per heavy atom. The van der Waals surface area contributed by atoms with Crippen LogP contribution in [0.25, 0.3) is 0 Å². The normalized spacial score (nSPS) is 17.1. The Bertz CT molecular complexity index is 511. The van der Waals surface area contributed by atoms with Gasteiger partial charge < -0.3 is 4.74 Å². The molecule has 17 heavy (non-hydrogen) atoms. The van der Waals surface area contributed by atoms with Crippen molar-refractivity contribution in [2.45, 2.75) is 26.4 Å². The molecule has 0 atom stereocenters. The molecule has 1 heterocycles. The molecule has 0 aromatic heterocycles. The predicted octanol–water partition coefficient (Wildman–Crippen LogP) is 2.13. The molecule has 0 unspecified atom stereocenters. The van der Waals surface area contributed by atoms with Crippen molar-refractivity contribution < 1.29 is 9.53 Å². The van der Waals surface area contributed by atoms with Crippen LogP contribution >= 0.6 is 0 Å². The first-order chi connectivity index (χ1) is 7.95. The van der Waals surface area contributed by atoms with E-state index in [1.807, 2.05) is 25.1 Å². The van der Waals surface area contributed by atoms with Gasteiger partial charge in [-0.25, -0.2) is 0 Å². The Hall–Kier alpha value is -1.95. The van der Waals surface area contributed by atoms with E-state index >= 15 is 0 Å². The van der Waals surface area contributed by atoms with Crippen molar-refractivity contribution >= 4 is 11.6 Å². The minimum atomic E-state index is -0.862. The van der Waals surface area contributed by atoms with E-state index in [1.165, 1.54) is 0 Å². The summed E-state index contributed by atoms with van der Waals surface area (Å²) in [6.07, 6.45) is 5.32. The molecule has 0 N–H and O–H groups in total. The second-order valence-electron chi connectivity index (χ2n) is 4.68. The number of carbonyl (C=O) groups is 1. The number of nitrogens with zero attached hydrogens (tertiary/aromatic N) is 1. The Morgan fingerprint density at radius 1 is 1.47 bits per heavy atom. The van der Waals surface area contributed by atoms with Gasteiger partial charge in [0.05, 0.1) is 12.2 Å². The SMILES string of the molecule is C#CCN1C(=O)C(C)(C)Oc2ccc(C)cc21. The van der Waals surface area contributed by atoms with Gasteiger partial charge in [-0.05, 0) is 38.5 Å². The first kappa shape index (κ1) is 11.5. The summed E-state index contributed by atoms with van der Waals surface area (Å²) in [5.74, 6) is 3.12. The number of hydrogen-bond donors (Lipinski definition) is 0. The number of benzene rings is 1. The molecule has 0 aliphatic carbocycles. The minimum absolute atomic E-state index is 0.103. The third-order valence-electron chi connectivity index (χ3n) is 2.78. The van der Waals surface area contributed by atoms with E-state index in [0.29, 0.717) is 5.75 Å². The summed E-state index contributed by atoms with van der Waals surface area (Å²) in [6.45, 7) is 5.74. The summed E-state index contributed by atoms with van der Waals surface area (Å²) < 4.78 is 5.70. The van der Waals surface area contributed by atoms with E-state index in [2.05, 4.69) is 5.92 Å². The predicted molar refractivity (Wildman–Crippen MR) is 67.1 cm³/mol. The van der Waals surface area contributed by atoms with Crippen LogP contribution in [0.4, 0.5) is 5.69 Å². The maximum absolute atomic E-state index is 12.2. The zero-order valence-electron chi connectivity index (χ0n) is 10.3. The highest BCUT2D eigenvalue weighted by Crippen LogP contribution is 2.37. The number of rotatable bonds is 1. The highest BCUT2D eigenvalue weighted by atomic mass is 16.5. The molecule has 0 spiro atoms. The van der Waals surface area contributed by atoms with Crippen molar-refractivity contribution in [3.8, 4) is 18.1 Å². The van der Waals surface area contributed by atoms with Crippen LogP contribution in [0.3, 0.4) is 0 Å². The molecule has 3 heteroatoms. The van der Waals surface area contributed by atoms with Crippen LogP contribution in [0.5, 0.6) is 5.75 Å². The third kappa shape index (κ3) is 1.87. The van der Waals surface area contributed by atoms with Crippen molar-refractivity contribution in [2.75, 3.05) is 11.4 Å². The molecule has 0 saturated heterocycles. The fourth-order valence-corrected chi connectivity index (χ4v) is 1.93. The van der Waals surface area contributed by atoms with Gasteiger partial charge in [-0.3, -0.25) is 9.69 Å². The monoisotopic (exact) mass is 229 g/mol. The molecule has 0 saturated carbocycles. The second-order valence-corrected chi connectivity index (χ2v) is 4.68. The maximum Gasteiger partial charge on any atom is 0.271 e. The van der Waals surface area contributed by atoms with Gasteiger partial charge in [0.2, 0.25) is 0 Å². The molecule has 0 radical (unpaired) electrons. The molecule has 1 aliphatic rings. The molecular formula is C14H15NO2. The summed E-state index contributed by atoms with van der Waals surface area (Å²) in [5.41, 5.74) is 0.966. The number of hydrogen-bond acceptors (Lipinski definition) is 2. The molecule has 1 aliphatic heterocycles. The topological polar surface area (TPSA) is 29.5 Å². The van der Waals surface area contributed by atoms with Crippen LogP contribution < -0.4 is 9.64 Å². The van der Waals surface area contributed by atoms with Crippen molar-refractivity contribution in [2.24, 2.45) is 0 Å². The first-order valence-electron chi connectivity index (χ1n) is 5.51. The maximum atomic E-state index is 12.2. The van der Waals surface area contributed by atoms with Crippen LogP contribution in [0.15, 0.2) is 18.2 Å². The van der Waals surface area contributed by atoms with Crippen LogP contribution in [0, 0.1) is 19.3 Å². The van der Waals surface area contributed by atoms with Crippen molar-refractivity contribution in [1.82, 2.24) is 0 Å². The smallest absolute Gasteiger partial charge is 0.271 e. The molecular weight excluding hydrogens is 214 g/mol. The second kappa shape index (κ2) is 3.81. The molecule has 1 amide bonds. The van der Waals surface area contributed by atoms with Gasteiger partial charge in [-0.2, -0.15) is 0 Å². The van der Waals surface area contributed by atoms with Gasteiger partial charge in [-0.15, -0.1) is 6.42 Å². The average Bonchev–Trinajstić information content (AvgIpc) is 2.26. The summed E-state index contributed by atoms with van der Waals surface area (Å²) in [5, 5.41) is 0. The molecule has 0 bridgehead atoms. The zero-order chi connectivity index (χ0) is 12.6. The van der Waals surface area contributed by atoms with Gasteiger partial charge in [0.15, 0.2) is 5.60 Å². The van der Waals surface area contributed by atoms with Crippen LogP contribution in [-0.2, 0) is 4.79 Å². The summed E-state index contributed by atoms with van der Waals surface area (Å²) in [4.78, 5) is 13.8. The number of anilines is 1.